The molecule has 3 unspecified atom stereocenters. The Kier molecular flexibility index (Phi) is 4.45. The van der Waals surface area contributed by atoms with E-state index in [1.165, 1.54) is 45.1 Å². The van der Waals surface area contributed by atoms with E-state index >= 15 is 0 Å². The van der Waals surface area contributed by atoms with Crippen LogP contribution in [0, 0.1) is 11.8 Å². The minimum Gasteiger partial charge on any atom is -0.381 e. The summed E-state index contributed by atoms with van der Waals surface area (Å²) in [6.07, 6.45) is 8.16. The van der Waals surface area contributed by atoms with Gasteiger partial charge in [-0.05, 0) is 56.9 Å². The number of rotatable bonds is 4. The lowest BCUT2D eigenvalue weighted by Crippen LogP contribution is -2.29. The van der Waals surface area contributed by atoms with Crippen molar-refractivity contribution in [1.82, 2.24) is 5.32 Å². The topological polar surface area (TPSA) is 21.3 Å². The third-order valence-electron chi connectivity index (χ3n) is 4.02. The second kappa shape index (κ2) is 5.86. The van der Waals surface area contributed by atoms with Gasteiger partial charge >= 0.3 is 0 Å². The van der Waals surface area contributed by atoms with Gasteiger partial charge in [0.25, 0.3) is 0 Å². The normalized spacial score (nSPS) is 37.0. The van der Waals surface area contributed by atoms with Crippen molar-refractivity contribution in [2.45, 2.75) is 51.5 Å². The standard InChI is InChI=1S/C13H25NO/c1-2-7-14-13-6-5-11(9-13)12-4-3-8-15-10-12/h11-14H,2-10H2,1H3. The smallest absolute Gasteiger partial charge is 0.0496 e. The summed E-state index contributed by atoms with van der Waals surface area (Å²) in [5.41, 5.74) is 0. The SMILES string of the molecule is CCCNC1CCC(C2CCCOC2)C1. The number of hydrogen-bond donors (Lipinski definition) is 1. The molecule has 0 radical (unpaired) electrons. The molecular weight excluding hydrogens is 186 g/mol. The number of ether oxygens (including phenoxy) is 1. The summed E-state index contributed by atoms with van der Waals surface area (Å²) < 4.78 is 5.59. The van der Waals surface area contributed by atoms with Crippen molar-refractivity contribution >= 4 is 0 Å². The van der Waals surface area contributed by atoms with Crippen molar-refractivity contribution < 1.29 is 4.74 Å². The predicted molar refractivity (Wildman–Crippen MR) is 63.0 cm³/mol. The molecule has 0 bridgehead atoms. The highest BCUT2D eigenvalue weighted by Gasteiger charge is 2.31. The Morgan fingerprint density at radius 2 is 2.13 bits per heavy atom. The molecule has 15 heavy (non-hydrogen) atoms. The van der Waals surface area contributed by atoms with E-state index in [4.69, 9.17) is 4.74 Å². The van der Waals surface area contributed by atoms with Crippen LogP contribution in [0.3, 0.4) is 0 Å². The second-order valence-electron chi connectivity index (χ2n) is 5.20. The van der Waals surface area contributed by atoms with Gasteiger partial charge in [-0.3, -0.25) is 0 Å². The zero-order valence-corrected chi connectivity index (χ0v) is 10.0. The number of nitrogens with one attached hydrogen (secondary N) is 1. The molecule has 0 aromatic carbocycles. The van der Waals surface area contributed by atoms with Gasteiger partial charge in [-0.25, -0.2) is 0 Å². The van der Waals surface area contributed by atoms with Crippen molar-refractivity contribution in [2.24, 2.45) is 11.8 Å². The van der Waals surface area contributed by atoms with Crippen LogP contribution >= 0.6 is 0 Å². The summed E-state index contributed by atoms with van der Waals surface area (Å²) in [6, 6.07) is 0.803. The molecule has 2 heteroatoms. The molecule has 1 heterocycles. The summed E-state index contributed by atoms with van der Waals surface area (Å²) in [7, 11) is 0. The summed E-state index contributed by atoms with van der Waals surface area (Å²) in [4.78, 5) is 0. The van der Waals surface area contributed by atoms with Gasteiger partial charge in [-0.15, -0.1) is 0 Å². The van der Waals surface area contributed by atoms with E-state index in [2.05, 4.69) is 12.2 Å². The maximum absolute atomic E-state index is 5.59. The van der Waals surface area contributed by atoms with E-state index in [1.807, 2.05) is 0 Å². The first-order valence-electron chi connectivity index (χ1n) is 6.71. The Morgan fingerprint density at radius 1 is 1.20 bits per heavy atom. The van der Waals surface area contributed by atoms with Crippen molar-refractivity contribution in [2.75, 3.05) is 19.8 Å². The molecule has 0 aromatic heterocycles. The Balaban J connectivity index is 1.71. The molecule has 1 N–H and O–H groups in total. The molecule has 88 valence electrons. The van der Waals surface area contributed by atoms with Gasteiger partial charge in [0.1, 0.15) is 0 Å². The average molecular weight is 211 g/mol. The fourth-order valence-electron chi connectivity index (χ4n) is 3.12. The van der Waals surface area contributed by atoms with Crippen LogP contribution in [-0.4, -0.2) is 25.8 Å². The van der Waals surface area contributed by atoms with Crippen LogP contribution in [0.5, 0.6) is 0 Å². The monoisotopic (exact) mass is 211 g/mol. The quantitative estimate of drug-likeness (QED) is 0.771. The van der Waals surface area contributed by atoms with Gasteiger partial charge < -0.3 is 10.1 Å². The van der Waals surface area contributed by atoms with Gasteiger partial charge in [0.05, 0.1) is 0 Å². The Bertz CT molecular complexity index is 177. The molecule has 2 fully saturated rings. The molecule has 0 amide bonds. The van der Waals surface area contributed by atoms with Crippen molar-refractivity contribution in [3.05, 3.63) is 0 Å². The minimum absolute atomic E-state index is 0.803. The predicted octanol–water partition coefficient (Wildman–Crippen LogP) is 2.58. The third kappa shape index (κ3) is 3.18. The van der Waals surface area contributed by atoms with Crippen LogP contribution in [0.1, 0.15) is 45.4 Å². The first-order valence-corrected chi connectivity index (χ1v) is 6.71. The first kappa shape index (κ1) is 11.4. The molecule has 0 spiro atoms. The maximum Gasteiger partial charge on any atom is 0.0496 e. The molecule has 2 nitrogen and oxygen atoms in total. The summed E-state index contributed by atoms with van der Waals surface area (Å²) in [5, 5.41) is 3.66. The fourth-order valence-corrected chi connectivity index (χ4v) is 3.12. The average Bonchev–Trinajstić information content (AvgIpc) is 2.76. The molecule has 1 saturated heterocycles. The van der Waals surface area contributed by atoms with E-state index in [-0.39, 0.29) is 0 Å². The Morgan fingerprint density at radius 3 is 2.87 bits per heavy atom. The van der Waals surface area contributed by atoms with Crippen LogP contribution in [0.25, 0.3) is 0 Å². The molecule has 2 aliphatic rings. The molecular formula is C13H25NO. The van der Waals surface area contributed by atoms with Gasteiger partial charge in [-0.1, -0.05) is 6.92 Å². The Hall–Kier alpha value is -0.0800. The zero-order valence-electron chi connectivity index (χ0n) is 10.0. The summed E-state index contributed by atoms with van der Waals surface area (Å²) in [5.74, 6) is 1.81. The van der Waals surface area contributed by atoms with Crippen LogP contribution in [0.4, 0.5) is 0 Å². The van der Waals surface area contributed by atoms with E-state index in [1.54, 1.807) is 0 Å². The molecule has 2 rings (SSSR count). The van der Waals surface area contributed by atoms with Gasteiger partial charge in [0.15, 0.2) is 0 Å². The molecule has 1 aliphatic carbocycles. The molecule has 1 saturated carbocycles. The highest BCUT2D eigenvalue weighted by molar-refractivity contribution is 4.85. The maximum atomic E-state index is 5.59. The summed E-state index contributed by atoms with van der Waals surface area (Å²) >= 11 is 0. The van der Waals surface area contributed by atoms with Crippen LogP contribution in [-0.2, 0) is 4.74 Å². The van der Waals surface area contributed by atoms with Gasteiger partial charge in [0.2, 0.25) is 0 Å². The lowest BCUT2D eigenvalue weighted by Gasteiger charge is -2.27. The highest BCUT2D eigenvalue weighted by Crippen LogP contribution is 2.35. The second-order valence-corrected chi connectivity index (χ2v) is 5.20. The first-order chi connectivity index (χ1) is 7.40. The zero-order chi connectivity index (χ0) is 10.5. The lowest BCUT2D eigenvalue weighted by molar-refractivity contribution is 0.0313. The van der Waals surface area contributed by atoms with E-state index < -0.39 is 0 Å². The molecule has 1 aliphatic heterocycles. The van der Waals surface area contributed by atoms with E-state index in [0.29, 0.717) is 0 Å². The van der Waals surface area contributed by atoms with Crippen LogP contribution < -0.4 is 5.32 Å². The van der Waals surface area contributed by atoms with Crippen LogP contribution in [0.2, 0.25) is 0 Å². The van der Waals surface area contributed by atoms with E-state index in [0.717, 1.165) is 31.1 Å². The van der Waals surface area contributed by atoms with Crippen molar-refractivity contribution in [3.63, 3.8) is 0 Å². The highest BCUT2D eigenvalue weighted by atomic mass is 16.5. The van der Waals surface area contributed by atoms with Gasteiger partial charge in [-0.2, -0.15) is 0 Å². The van der Waals surface area contributed by atoms with E-state index in [9.17, 15) is 0 Å². The lowest BCUT2D eigenvalue weighted by atomic mass is 9.86. The number of hydrogen-bond acceptors (Lipinski definition) is 2. The minimum atomic E-state index is 0.803. The van der Waals surface area contributed by atoms with Crippen molar-refractivity contribution in [1.29, 1.82) is 0 Å². The largest absolute Gasteiger partial charge is 0.381 e. The summed E-state index contributed by atoms with van der Waals surface area (Å²) in [6.45, 7) is 5.47. The Labute approximate surface area is 93.8 Å². The molecule has 3 atom stereocenters. The van der Waals surface area contributed by atoms with Gasteiger partial charge in [0, 0.05) is 19.3 Å². The fraction of sp³-hybridized carbons (Fsp3) is 1.00. The van der Waals surface area contributed by atoms with Crippen molar-refractivity contribution in [3.8, 4) is 0 Å². The third-order valence-corrected chi connectivity index (χ3v) is 4.02. The van der Waals surface area contributed by atoms with Crippen LogP contribution in [0.15, 0.2) is 0 Å². The molecule has 0 aromatic rings.